The second kappa shape index (κ2) is 2.62. The maximum Gasteiger partial charge on any atom is 0.157 e. The fourth-order valence-corrected chi connectivity index (χ4v) is 0.871. The van der Waals surface area contributed by atoms with Gasteiger partial charge in [-0.2, -0.15) is 0 Å². The van der Waals surface area contributed by atoms with Crippen LogP contribution >= 0.6 is 0 Å². The zero-order valence-corrected chi connectivity index (χ0v) is 4.90. The van der Waals surface area contributed by atoms with E-state index < -0.39 is 18.5 Å². The number of hydrogen-bond donors (Lipinski definition) is 3. The van der Waals surface area contributed by atoms with E-state index in [0.717, 1.165) is 0 Å². The van der Waals surface area contributed by atoms with Gasteiger partial charge in [0.1, 0.15) is 6.10 Å². The molecule has 0 aromatic rings. The van der Waals surface area contributed by atoms with Crippen molar-refractivity contribution in [2.24, 2.45) is 0 Å². The van der Waals surface area contributed by atoms with E-state index in [1.165, 1.54) is 0 Å². The van der Waals surface area contributed by atoms with Gasteiger partial charge in [-0.1, -0.05) is 0 Å². The Morgan fingerprint density at radius 1 is 1.44 bits per heavy atom. The third-order valence-corrected chi connectivity index (χ3v) is 1.38. The molecule has 4 nitrogen and oxygen atoms in total. The molecule has 1 fully saturated rings. The van der Waals surface area contributed by atoms with Crippen LogP contribution in [-0.2, 0) is 4.74 Å². The molecule has 3 N–H and O–H groups in total. The van der Waals surface area contributed by atoms with Crippen LogP contribution in [0.25, 0.3) is 0 Å². The van der Waals surface area contributed by atoms with E-state index in [0.29, 0.717) is 0 Å². The molecule has 0 bridgehead atoms. The summed E-state index contributed by atoms with van der Waals surface area (Å²) in [5.74, 6) is 0. The van der Waals surface area contributed by atoms with Crippen molar-refractivity contribution in [3.8, 4) is 0 Å². The minimum absolute atomic E-state index is 0.200. The molecule has 0 aliphatic carbocycles. The first kappa shape index (κ1) is 6.95. The van der Waals surface area contributed by atoms with Crippen molar-refractivity contribution < 1.29 is 20.1 Å². The lowest BCUT2D eigenvalue weighted by atomic mass is 10.2. The molecule has 1 heterocycles. The minimum Gasteiger partial charge on any atom is -0.394 e. The van der Waals surface area contributed by atoms with Gasteiger partial charge in [0.2, 0.25) is 0 Å². The van der Waals surface area contributed by atoms with E-state index in [1.807, 2.05) is 0 Å². The normalized spacial score (nSPS) is 43.7. The van der Waals surface area contributed by atoms with Crippen molar-refractivity contribution in [1.82, 2.24) is 0 Å². The number of rotatable bonds is 1. The topological polar surface area (TPSA) is 69.9 Å². The summed E-state index contributed by atoms with van der Waals surface area (Å²) in [6, 6.07) is 0. The highest BCUT2D eigenvalue weighted by Crippen LogP contribution is 2.17. The van der Waals surface area contributed by atoms with Gasteiger partial charge in [0.15, 0.2) is 6.29 Å². The molecule has 3 atom stereocenters. The van der Waals surface area contributed by atoms with Gasteiger partial charge < -0.3 is 20.1 Å². The lowest BCUT2D eigenvalue weighted by Crippen LogP contribution is -2.24. The Kier molecular flexibility index (Phi) is 2.02. The van der Waals surface area contributed by atoms with E-state index in [2.05, 4.69) is 4.74 Å². The molecule has 0 aromatic carbocycles. The first-order chi connectivity index (χ1) is 4.24. The SMILES string of the molecule is OC[C@H]1O[C@H](O)C[C@H]1O. The summed E-state index contributed by atoms with van der Waals surface area (Å²) in [7, 11) is 0. The average molecular weight is 134 g/mol. The molecule has 0 unspecified atom stereocenters. The van der Waals surface area contributed by atoms with Gasteiger partial charge in [-0.05, 0) is 0 Å². The number of ether oxygens (including phenoxy) is 1. The molecule has 1 rings (SSSR count). The minimum atomic E-state index is -0.905. The smallest absolute Gasteiger partial charge is 0.157 e. The van der Waals surface area contributed by atoms with Crippen LogP contribution in [-0.4, -0.2) is 40.4 Å². The Bertz CT molecular complexity index is 95.0. The van der Waals surface area contributed by atoms with Crippen LogP contribution < -0.4 is 0 Å². The molecule has 0 aromatic heterocycles. The van der Waals surface area contributed by atoms with Crippen LogP contribution in [0.5, 0.6) is 0 Å². The van der Waals surface area contributed by atoms with Crippen molar-refractivity contribution in [2.45, 2.75) is 24.9 Å². The van der Waals surface area contributed by atoms with E-state index in [-0.39, 0.29) is 13.0 Å². The third-order valence-electron chi connectivity index (χ3n) is 1.38. The monoisotopic (exact) mass is 134 g/mol. The van der Waals surface area contributed by atoms with Crippen LogP contribution in [0.2, 0.25) is 0 Å². The Balaban J connectivity index is 2.38. The molecular formula is C5H10O4. The quantitative estimate of drug-likeness (QED) is 0.406. The van der Waals surface area contributed by atoms with E-state index in [9.17, 15) is 0 Å². The average Bonchev–Trinajstić information content (AvgIpc) is 2.10. The Morgan fingerprint density at radius 2 is 2.11 bits per heavy atom. The molecule has 0 amide bonds. The summed E-state index contributed by atoms with van der Waals surface area (Å²) in [4.78, 5) is 0. The maximum absolute atomic E-state index is 8.91. The number of aliphatic hydroxyl groups excluding tert-OH is 3. The lowest BCUT2D eigenvalue weighted by Gasteiger charge is -2.08. The highest BCUT2D eigenvalue weighted by molar-refractivity contribution is 4.75. The van der Waals surface area contributed by atoms with Crippen molar-refractivity contribution >= 4 is 0 Å². The van der Waals surface area contributed by atoms with E-state index >= 15 is 0 Å². The molecule has 4 heteroatoms. The van der Waals surface area contributed by atoms with Crippen molar-refractivity contribution in [2.75, 3.05) is 6.61 Å². The highest BCUT2D eigenvalue weighted by Gasteiger charge is 2.31. The van der Waals surface area contributed by atoms with Gasteiger partial charge in [-0.25, -0.2) is 0 Å². The maximum atomic E-state index is 8.91. The second-order valence-corrected chi connectivity index (χ2v) is 2.11. The largest absolute Gasteiger partial charge is 0.394 e. The summed E-state index contributed by atoms with van der Waals surface area (Å²) in [5, 5.41) is 26.1. The van der Waals surface area contributed by atoms with Crippen molar-refractivity contribution in [3.63, 3.8) is 0 Å². The summed E-state index contributed by atoms with van der Waals surface area (Å²) >= 11 is 0. The molecular weight excluding hydrogens is 124 g/mol. The van der Waals surface area contributed by atoms with Crippen LogP contribution in [0.3, 0.4) is 0 Å². The zero-order chi connectivity index (χ0) is 6.85. The van der Waals surface area contributed by atoms with Gasteiger partial charge in [0.25, 0.3) is 0 Å². The van der Waals surface area contributed by atoms with Crippen molar-refractivity contribution in [1.29, 1.82) is 0 Å². The van der Waals surface area contributed by atoms with Gasteiger partial charge in [0.05, 0.1) is 12.7 Å². The van der Waals surface area contributed by atoms with Gasteiger partial charge in [0, 0.05) is 6.42 Å². The van der Waals surface area contributed by atoms with Crippen LogP contribution in [0.15, 0.2) is 0 Å². The van der Waals surface area contributed by atoms with Crippen LogP contribution in [0.1, 0.15) is 6.42 Å². The summed E-state index contributed by atoms with van der Waals surface area (Å²) in [5.41, 5.74) is 0. The fraction of sp³-hybridized carbons (Fsp3) is 1.00. The molecule has 1 aliphatic heterocycles. The second-order valence-electron chi connectivity index (χ2n) is 2.11. The molecule has 1 aliphatic rings. The molecule has 0 saturated carbocycles. The van der Waals surface area contributed by atoms with E-state index in [4.69, 9.17) is 15.3 Å². The highest BCUT2D eigenvalue weighted by atomic mass is 16.6. The molecule has 54 valence electrons. The van der Waals surface area contributed by atoms with E-state index in [1.54, 1.807) is 0 Å². The van der Waals surface area contributed by atoms with Crippen LogP contribution in [0, 0.1) is 0 Å². The Morgan fingerprint density at radius 3 is 2.33 bits per heavy atom. The predicted molar refractivity (Wildman–Crippen MR) is 28.6 cm³/mol. The van der Waals surface area contributed by atoms with Gasteiger partial charge in [-0.15, -0.1) is 0 Å². The first-order valence-electron chi connectivity index (χ1n) is 2.86. The third kappa shape index (κ3) is 1.40. The molecule has 1 saturated heterocycles. The summed E-state index contributed by atoms with van der Waals surface area (Å²) in [6.45, 7) is -0.238. The zero-order valence-electron chi connectivity index (χ0n) is 4.90. The summed E-state index contributed by atoms with van der Waals surface area (Å²) in [6.07, 6.45) is -2.02. The number of aliphatic hydroxyl groups is 3. The Hall–Kier alpha value is -0.160. The van der Waals surface area contributed by atoms with Gasteiger partial charge in [-0.3, -0.25) is 0 Å². The lowest BCUT2D eigenvalue weighted by molar-refractivity contribution is -0.107. The predicted octanol–water partition coefficient (Wildman–Crippen LogP) is -1.55. The fourth-order valence-electron chi connectivity index (χ4n) is 0.871. The van der Waals surface area contributed by atoms with Crippen molar-refractivity contribution in [3.05, 3.63) is 0 Å². The summed E-state index contributed by atoms with van der Waals surface area (Å²) < 4.78 is 4.68. The molecule has 9 heavy (non-hydrogen) atoms. The molecule has 0 spiro atoms. The number of hydrogen-bond acceptors (Lipinski definition) is 4. The van der Waals surface area contributed by atoms with Crippen LogP contribution in [0.4, 0.5) is 0 Å². The molecule has 0 radical (unpaired) electrons. The Labute approximate surface area is 52.7 Å². The first-order valence-corrected chi connectivity index (χ1v) is 2.86. The standard InChI is InChI=1S/C5H10O4/c6-2-4-3(7)1-5(8)9-4/h3-8H,1-2H2/t3-,4-,5+/m1/s1. The van der Waals surface area contributed by atoms with Gasteiger partial charge >= 0.3 is 0 Å².